The third-order valence-electron chi connectivity index (χ3n) is 5.18. The molecule has 0 radical (unpaired) electrons. The maximum atomic E-state index is 12.6. The monoisotopic (exact) mass is 333 g/mol. The van der Waals surface area contributed by atoms with Crippen molar-refractivity contribution in [1.82, 2.24) is 14.5 Å². The molecule has 0 aliphatic carbocycles. The fourth-order valence-corrected chi connectivity index (χ4v) is 3.63. The minimum atomic E-state index is 0.159. The number of likely N-dealkylation sites (tertiary alicyclic amines) is 1. The van der Waals surface area contributed by atoms with Gasteiger partial charge in [-0.25, -0.2) is 4.98 Å². The van der Waals surface area contributed by atoms with Crippen LogP contribution in [0.15, 0.2) is 54.9 Å². The van der Waals surface area contributed by atoms with Gasteiger partial charge in [0.25, 0.3) is 5.91 Å². The number of benzene rings is 2. The third kappa shape index (κ3) is 3.29. The van der Waals surface area contributed by atoms with Gasteiger partial charge in [-0.15, -0.1) is 0 Å². The maximum absolute atomic E-state index is 12.6. The largest absolute Gasteiger partial charge is 0.339 e. The number of aryl methyl sites for hydroxylation is 1. The van der Waals surface area contributed by atoms with Crippen molar-refractivity contribution in [3.63, 3.8) is 0 Å². The lowest BCUT2D eigenvalue weighted by molar-refractivity contribution is 0.0683. The summed E-state index contributed by atoms with van der Waals surface area (Å²) >= 11 is 0. The van der Waals surface area contributed by atoms with Crippen LogP contribution in [0.5, 0.6) is 0 Å². The molecule has 1 aliphatic rings. The second kappa shape index (κ2) is 6.71. The highest BCUT2D eigenvalue weighted by molar-refractivity contribution is 5.94. The lowest BCUT2D eigenvalue weighted by Crippen LogP contribution is -2.39. The van der Waals surface area contributed by atoms with Gasteiger partial charge in [0.15, 0.2) is 0 Å². The highest BCUT2D eigenvalue weighted by Crippen LogP contribution is 2.23. The Morgan fingerprint density at radius 1 is 1.08 bits per heavy atom. The van der Waals surface area contributed by atoms with E-state index in [9.17, 15) is 4.79 Å². The fraction of sp³-hybridized carbons (Fsp3) is 0.333. The van der Waals surface area contributed by atoms with Crippen LogP contribution in [0.4, 0.5) is 0 Å². The SMILES string of the molecule is Cc1ccc(C(=O)N2CCC(Cn3cnc4ccccc43)CC2)cc1. The summed E-state index contributed by atoms with van der Waals surface area (Å²) in [6, 6.07) is 16.1. The van der Waals surface area contributed by atoms with Gasteiger partial charge in [0.1, 0.15) is 0 Å². The molecular formula is C21H23N3O. The van der Waals surface area contributed by atoms with E-state index in [4.69, 9.17) is 0 Å². The van der Waals surface area contributed by atoms with Crippen LogP contribution in [0.1, 0.15) is 28.8 Å². The van der Waals surface area contributed by atoms with Crippen molar-refractivity contribution in [2.24, 2.45) is 5.92 Å². The number of amides is 1. The van der Waals surface area contributed by atoms with Gasteiger partial charge >= 0.3 is 0 Å². The van der Waals surface area contributed by atoms with Crippen LogP contribution in [-0.2, 0) is 6.54 Å². The van der Waals surface area contributed by atoms with Crippen molar-refractivity contribution in [1.29, 1.82) is 0 Å². The molecule has 4 nitrogen and oxygen atoms in total. The maximum Gasteiger partial charge on any atom is 0.253 e. The molecule has 128 valence electrons. The van der Waals surface area contributed by atoms with Crippen LogP contribution >= 0.6 is 0 Å². The van der Waals surface area contributed by atoms with E-state index >= 15 is 0 Å². The van der Waals surface area contributed by atoms with Crippen LogP contribution in [0, 0.1) is 12.8 Å². The Morgan fingerprint density at radius 2 is 1.80 bits per heavy atom. The fourth-order valence-electron chi connectivity index (χ4n) is 3.63. The number of imidazole rings is 1. The second-order valence-corrected chi connectivity index (χ2v) is 6.99. The van der Waals surface area contributed by atoms with E-state index in [1.54, 1.807) is 0 Å². The number of para-hydroxylation sites is 2. The molecule has 0 saturated carbocycles. The molecule has 0 N–H and O–H groups in total. The predicted molar refractivity (Wildman–Crippen MR) is 99.5 cm³/mol. The van der Waals surface area contributed by atoms with E-state index in [1.165, 1.54) is 11.1 Å². The molecule has 4 heteroatoms. The van der Waals surface area contributed by atoms with Crippen molar-refractivity contribution in [2.45, 2.75) is 26.3 Å². The minimum Gasteiger partial charge on any atom is -0.339 e. The van der Waals surface area contributed by atoms with Gasteiger partial charge in [-0.2, -0.15) is 0 Å². The quantitative estimate of drug-likeness (QED) is 0.729. The number of nitrogens with zero attached hydrogens (tertiary/aromatic N) is 3. The summed E-state index contributed by atoms with van der Waals surface area (Å²) in [4.78, 5) is 19.1. The van der Waals surface area contributed by atoms with Crippen molar-refractivity contribution in [3.8, 4) is 0 Å². The Kier molecular flexibility index (Phi) is 4.26. The summed E-state index contributed by atoms with van der Waals surface area (Å²) in [5.74, 6) is 0.756. The highest BCUT2D eigenvalue weighted by atomic mass is 16.2. The van der Waals surface area contributed by atoms with Crippen molar-refractivity contribution in [2.75, 3.05) is 13.1 Å². The van der Waals surface area contributed by atoms with Crippen LogP contribution in [0.2, 0.25) is 0 Å². The van der Waals surface area contributed by atoms with Crippen molar-refractivity contribution >= 4 is 16.9 Å². The number of carbonyl (C=O) groups excluding carboxylic acids is 1. The topological polar surface area (TPSA) is 38.1 Å². The van der Waals surface area contributed by atoms with Gasteiger partial charge in [-0.1, -0.05) is 29.8 Å². The second-order valence-electron chi connectivity index (χ2n) is 6.99. The summed E-state index contributed by atoms with van der Waals surface area (Å²) in [6.45, 7) is 4.70. The lowest BCUT2D eigenvalue weighted by atomic mass is 9.96. The normalized spacial score (nSPS) is 15.6. The molecule has 1 aliphatic heterocycles. The molecule has 1 saturated heterocycles. The van der Waals surface area contributed by atoms with E-state index in [0.29, 0.717) is 5.92 Å². The summed E-state index contributed by atoms with van der Waals surface area (Å²) in [6.07, 6.45) is 4.03. The smallest absolute Gasteiger partial charge is 0.253 e. The van der Waals surface area contributed by atoms with Gasteiger partial charge < -0.3 is 9.47 Å². The molecule has 25 heavy (non-hydrogen) atoms. The van der Waals surface area contributed by atoms with Gasteiger partial charge in [0.2, 0.25) is 0 Å². The zero-order valence-corrected chi connectivity index (χ0v) is 14.6. The van der Waals surface area contributed by atoms with E-state index in [0.717, 1.165) is 43.6 Å². The number of rotatable bonds is 3. The molecule has 0 spiro atoms. The number of hydrogen-bond acceptors (Lipinski definition) is 2. The Bertz CT molecular complexity index is 874. The molecule has 4 rings (SSSR count). The van der Waals surface area contributed by atoms with Gasteiger partial charge in [0.05, 0.1) is 17.4 Å². The van der Waals surface area contributed by atoms with E-state index in [-0.39, 0.29) is 5.91 Å². The zero-order valence-electron chi connectivity index (χ0n) is 14.6. The first-order valence-corrected chi connectivity index (χ1v) is 8.96. The van der Waals surface area contributed by atoms with E-state index < -0.39 is 0 Å². The van der Waals surface area contributed by atoms with Crippen LogP contribution in [0.25, 0.3) is 11.0 Å². The molecule has 0 bridgehead atoms. The van der Waals surface area contributed by atoms with Crippen molar-refractivity contribution < 1.29 is 4.79 Å². The molecular weight excluding hydrogens is 310 g/mol. The number of fused-ring (bicyclic) bond motifs is 1. The molecule has 0 unspecified atom stereocenters. The summed E-state index contributed by atoms with van der Waals surface area (Å²) in [7, 11) is 0. The molecule has 2 heterocycles. The Hall–Kier alpha value is -2.62. The Morgan fingerprint density at radius 3 is 2.56 bits per heavy atom. The lowest BCUT2D eigenvalue weighted by Gasteiger charge is -2.32. The average molecular weight is 333 g/mol. The van der Waals surface area contributed by atoms with Crippen LogP contribution in [0.3, 0.4) is 0 Å². The first-order chi connectivity index (χ1) is 12.2. The summed E-state index contributed by atoms with van der Waals surface area (Å²) in [5.41, 5.74) is 4.22. The Labute approximate surface area is 148 Å². The van der Waals surface area contributed by atoms with Gasteiger partial charge in [-0.3, -0.25) is 4.79 Å². The van der Waals surface area contributed by atoms with E-state index in [1.807, 2.05) is 48.5 Å². The minimum absolute atomic E-state index is 0.159. The third-order valence-corrected chi connectivity index (χ3v) is 5.18. The first kappa shape index (κ1) is 15.9. The average Bonchev–Trinajstić information content (AvgIpc) is 3.06. The number of hydrogen-bond donors (Lipinski definition) is 0. The molecule has 3 aromatic rings. The zero-order chi connectivity index (χ0) is 17.2. The predicted octanol–water partition coefficient (Wildman–Crippen LogP) is 3.90. The van der Waals surface area contributed by atoms with E-state index in [2.05, 4.69) is 27.8 Å². The van der Waals surface area contributed by atoms with Crippen LogP contribution in [-0.4, -0.2) is 33.4 Å². The molecule has 0 atom stereocenters. The number of aromatic nitrogens is 2. The molecule has 1 aromatic heterocycles. The Balaban J connectivity index is 1.38. The number of carbonyl (C=O) groups is 1. The summed E-state index contributed by atoms with van der Waals surface area (Å²) in [5, 5.41) is 0. The first-order valence-electron chi connectivity index (χ1n) is 8.96. The molecule has 2 aromatic carbocycles. The molecule has 1 amide bonds. The number of piperidine rings is 1. The molecule has 1 fully saturated rings. The van der Waals surface area contributed by atoms with Gasteiger partial charge in [0, 0.05) is 25.2 Å². The summed E-state index contributed by atoms with van der Waals surface area (Å²) < 4.78 is 2.25. The highest BCUT2D eigenvalue weighted by Gasteiger charge is 2.24. The van der Waals surface area contributed by atoms with Crippen LogP contribution < -0.4 is 0 Å². The standard InChI is InChI=1S/C21H23N3O/c1-16-6-8-18(9-7-16)21(25)23-12-10-17(11-13-23)14-24-15-22-19-4-2-3-5-20(19)24/h2-9,15,17H,10-14H2,1H3. The van der Waals surface area contributed by atoms with Gasteiger partial charge in [-0.05, 0) is 49.9 Å². The van der Waals surface area contributed by atoms with Crippen molar-refractivity contribution in [3.05, 3.63) is 66.0 Å².